The number of carbonyl (C=O) groups is 2. The minimum Gasteiger partial charge on any atom is -0.455 e. The number of benzene rings is 2. The van der Waals surface area contributed by atoms with Gasteiger partial charge in [0.2, 0.25) is 5.91 Å². The predicted octanol–water partition coefficient (Wildman–Crippen LogP) is 5.45. The second-order valence-electron chi connectivity index (χ2n) is 7.98. The Morgan fingerprint density at radius 3 is 2.60 bits per heavy atom. The Kier molecular flexibility index (Phi) is 7.18. The highest BCUT2D eigenvalue weighted by Gasteiger charge is 2.28. The molecular formula is C24H20Cl2N4O5. The lowest BCUT2D eigenvalue weighted by atomic mass is 9.93. The van der Waals surface area contributed by atoms with Gasteiger partial charge >= 0.3 is 0 Å². The SMILES string of the molecule is Cc1c(C(=O)Nc2cc(Cl)ccc2Cl)oc2c1/C(=N/NC(=O)Cc1ccc([N+](=O)[O-])cc1)CCC2. The van der Waals surface area contributed by atoms with Gasteiger partial charge in [-0.3, -0.25) is 19.7 Å². The van der Waals surface area contributed by atoms with Gasteiger partial charge in [-0.1, -0.05) is 35.3 Å². The average molecular weight is 515 g/mol. The van der Waals surface area contributed by atoms with Crippen molar-refractivity contribution >= 4 is 52.1 Å². The van der Waals surface area contributed by atoms with Crippen LogP contribution >= 0.6 is 23.2 Å². The lowest BCUT2D eigenvalue weighted by Gasteiger charge is -2.13. The molecule has 0 unspecified atom stereocenters. The number of hydrogen-bond donors (Lipinski definition) is 2. The van der Waals surface area contributed by atoms with E-state index in [1.807, 2.05) is 0 Å². The molecule has 1 aliphatic carbocycles. The quantitative estimate of drug-likeness (QED) is 0.333. The zero-order valence-corrected chi connectivity index (χ0v) is 20.1. The number of nitrogens with zero attached hydrogens (tertiary/aromatic N) is 2. The number of nitrogens with one attached hydrogen (secondary N) is 2. The molecule has 0 bridgehead atoms. The van der Waals surface area contributed by atoms with Gasteiger partial charge in [0.25, 0.3) is 11.6 Å². The highest BCUT2D eigenvalue weighted by molar-refractivity contribution is 6.35. The van der Waals surface area contributed by atoms with E-state index in [0.717, 1.165) is 6.42 Å². The standard InChI is InChI=1S/C24H20Cl2N4O5/c1-13-22-18(28-29-21(31)11-14-5-8-16(9-6-14)30(33)34)3-2-4-20(22)35-23(13)24(32)27-19-12-15(25)7-10-17(19)26/h5-10,12H,2-4,11H2,1H3,(H,27,32)(H,29,31)/b28-18+. The highest BCUT2D eigenvalue weighted by atomic mass is 35.5. The maximum absolute atomic E-state index is 12.9. The number of anilines is 1. The summed E-state index contributed by atoms with van der Waals surface area (Å²) >= 11 is 12.1. The zero-order chi connectivity index (χ0) is 25.1. The molecule has 0 atom stereocenters. The van der Waals surface area contributed by atoms with E-state index in [2.05, 4.69) is 15.8 Å². The Bertz CT molecular complexity index is 1350. The molecule has 3 aromatic rings. The van der Waals surface area contributed by atoms with E-state index < -0.39 is 10.8 Å². The maximum Gasteiger partial charge on any atom is 0.291 e. The van der Waals surface area contributed by atoms with Crippen LogP contribution in [0.15, 0.2) is 52.0 Å². The summed E-state index contributed by atoms with van der Waals surface area (Å²) in [5.41, 5.74) is 5.41. The summed E-state index contributed by atoms with van der Waals surface area (Å²) in [6, 6.07) is 10.5. The largest absolute Gasteiger partial charge is 0.455 e. The molecule has 9 nitrogen and oxygen atoms in total. The third-order valence-corrected chi connectivity index (χ3v) is 6.10. The van der Waals surface area contributed by atoms with Crippen LogP contribution < -0.4 is 10.7 Å². The molecule has 1 heterocycles. The number of furan rings is 1. The van der Waals surface area contributed by atoms with E-state index >= 15 is 0 Å². The van der Waals surface area contributed by atoms with E-state index in [1.165, 1.54) is 24.3 Å². The highest BCUT2D eigenvalue weighted by Crippen LogP contribution is 2.31. The molecule has 0 saturated heterocycles. The molecular weight excluding hydrogens is 495 g/mol. The van der Waals surface area contributed by atoms with Gasteiger partial charge in [0.1, 0.15) is 5.76 Å². The van der Waals surface area contributed by atoms with Gasteiger partial charge < -0.3 is 9.73 Å². The Morgan fingerprint density at radius 2 is 1.89 bits per heavy atom. The summed E-state index contributed by atoms with van der Waals surface area (Å²) in [7, 11) is 0. The van der Waals surface area contributed by atoms with Crippen molar-refractivity contribution in [3.05, 3.63) is 90.8 Å². The van der Waals surface area contributed by atoms with E-state index in [1.54, 1.807) is 25.1 Å². The summed E-state index contributed by atoms with van der Waals surface area (Å²) in [6.45, 7) is 1.76. The fourth-order valence-corrected chi connectivity index (χ4v) is 4.20. The number of carbonyl (C=O) groups excluding carboxylic acids is 2. The molecule has 0 fully saturated rings. The fourth-order valence-electron chi connectivity index (χ4n) is 3.86. The molecule has 0 saturated carbocycles. The number of amides is 2. The van der Waals surface area contributed by atoms with Gasteiger partial charge in [-0.05, 0) is 43.5 Å². The first-order valence-corrected chi connectivity index (χ1v) is 11.5. The zero-order valence-electron chi connectivity index (χ0n) is 18.6. The number of non-ortho nitro benzene ring substituents is 1. The maximum atomic E-state index is 12.9. The molecule has 180 valence electrons. The van der Waals surface area contributed by atoms with Crippen LogP contribution in [0.3, 0.4) is 0 Å². The number of nitro groups is 1. The minimum atomic E-state index is -0.498. The molecule has 0 radical (unpaired) electrons. The molecule has 2 N–H and O–H groups in total. The average Bonchev–Trinajstić information content (AvgIpc) is 3.17. The molecule has 1 aliphatic rings. The van der Waals surface area contributed by atoms with Crippen LogP contribution in [0, 0.1) is 17.0 Å². The van der Waals surface area contributed by atoms with E-state index in [-0.39, 0.29) is 23.8 Å². The molecule has 1 aromatic heterocycles. The van der Waals surface area contributed by atoms with Crippen LogP contribution in [0.4, 0.5) is 11.4 Å². The van der Waals surface area contributed by atoms with Crippen molar-refractivity contribution in [2.75, 3.05) is 5.32 Å². The number of hydrazone groups is 1. The van der Waals surface area contributed by atoms with Crippen LogP contribution in [0.5, 0.6) is 0 Å². The first-order valence-electron chi connectivity index (χ1n) is 10.7. The summed E-state index contributed by atoms with van der Waals surface area (Å²) in [5, 5.41) is 18.5. The smallest absolute Gasteiger partial charge is 0.291 e. The van der Waals surface area contributed by atoms with Gasteiger partial charge in [0.15, 0.2) is 5.76 Å². The van der Waals surface area contributed by atoms with Crippen molar-refractivity contribution in [3.63, 3.8) is 0 Å². The molecule has 2 amide bonds. The number of halogens is 2. The lowest BCUT2D eigenvalue weighted by molar-refractivity contribution is -0.384. The van der Waals surface area contributed by atoms with Crippen LogP contribution in [-0.4, -0.2) is 22.4 Å². The molecule has 0 spiro atoms. The Hall–Kier alpha value is -3.69. The van der Waals surface area contributed by atoms with Gasteiger partial charge in [-0.25, -0.2) is 5.43 Å². The first kappa shape index (κ1) is 24.4. The number of aryl methyl sites for hydroxylation is 1. The summed E-state index contributed by atoms with van der Waals surface area (Å²) in [5.74, 6) is -0.0758. The number of hydrogen-bond acceptors (Lipinski definition) is 6. The number of nitro benzene ring substituents is 1. The van der Waals surface area contributed by atoms with E-state index in [0.29, 0.717) is 56.7 Å². The molecule has 35 heavy (non-hydrogen) atoms. The molecule has 2 aromatic carbocycles. The third kappa shape index (κ3) is 5.52. The van der Waals surface area contributed by atoms with Gasteiger partial charge in [-0.15, -0.1) is 0 Å². The van der Waals surface area contributed by atoms with Crippen LogP contribution in [0.1, 0.15) is 45.8 Å². The number of fused-ring (bicyclic) bond motifs is 1. The predicted molar refractivity (Wildman–Crippen MR) is 132 cm³/mol. The lowest BCUT2D eigenvalue weighted by Crippen LogP contribution is -2.23. The van der Waals surface area contributed by atoms with Crippen molar-refractivity contribution in [2.45, 2.75) is 32.6 Å². The van der Waals surface area contributed by atoms with E-state index in [9.17, 15) is 19.7 Å². The van der Waals surface area contributed by atoms with Gasteiger partial charge in [-0.2, -0.15) is 5.10 Å². The van der Waals surface area contributed by atoms with Crippen molar-refractivity contribution < 1.29 is 18.9 Å². The second-order valence-corrected chi connectivity index (χ2v) is 8.82. The molecule has 0 aliphatic heterocycles. The second kappa shape index (κ2) is 10.3. The van der Waals surface area contributed by atoms with Crippen LogP contribution in [0.2, 0.25) is 10.0 Å². The molecule has 4 rings (SSSR count). The minimum absolute atomic E-state index is 0.0139. The topological polar surface area (TPSA) is 127 Å². The van der Waals surface area contributed by atoms with Crippen LogP contribution in [0.25, 0.3) is 0 Å². The number of rotatable bonds is 6. The third-order valence-electron chi connectivity index (χ3n) is 5.54. The van der Waals surface area contributed by atoms with Crippen molar-refractivity contribution in [1.82, 2.24) is 5.43 Å². The van der Waals surface area contributed by atoms with Gasteiger partial charge in [0, 0.05) is 34.7 Å². The van der Waals surface area contributed by atoms with Gasteiger partial charge in [0.05, 0.1) is 27.8 Å². The van der Waals surface area contributed by atoms with Crippen molar-refractivity contribution in [2.24, 2.45) is 5.10 Å². The monoisotopic (exact) mass is 514 g/mol. The first-order chi connectivity index (χ1) is 16.7. The van der Waals surface area contributed by atoms with E-state index in [4.69, 9.17) is 27.6 Å². The van der Waals surface area contributed by atoms with Crippen molar-refractivity contribution in [1.29, 1.82) is 0 Å². The Labute approximate surface area is 210 Å². The normalized spacial score (nSPS) is 13.9. The molecule has 11 heteroatoms. The Balaban J connectivity index is 1.49. The fraction of sp³-hybridized carbons (Fsp3) is 0.208. The van der Waals surface area contributed by atoms with Crippen LogP contribution in [-0.2, 0) is 17.6 Å². The Morgan fingerprint density at radius 1 is 1.14 bits per heavy atom. The summed E-state index contributed by atoms with van der Waals surface area (Å²) in [4.78, 5) is 35.6. The summed E-state index contributed by atoms with van der Waals surface area (Å²) < 4.78 is 5.87. The summed E-state index contributed by atoms with van der Waals surface area (Å²) in [6.07, 6.45) is 2.00. The van der Waals surface area contributed by atoms with Crippen molar-refractivity contribution in [3.8, 4) is 0 Å².